The standard InChI is InChI=1S/C13H18N6O3S2/c1-17(2)3-4-18-13(14-15-16-18)23-7-8-5-9(12(21)22)19-10(20)6-11(19)24-8/h5,8,11H,3-4,6-7H2,1-2H3,(H,21,22)/t8?,11-/m1/s1. The molecule has 0 bridgehead atoms. The van der Waals surface area contributed by atoms with Crippen LogP contribution < -0.4 is 0 Å². The lowest BCUT2D eigenvalue weighted by Gasteiger charge is -2.44. The van der Waals surface area contributed by atoms with Crippen LogP contribution in [0.25, 0.3) is 0 Å². The zero-order chi connectivity index (χ0) is 17.3. The van der Waals surface area contributed by atoms with Crippen molar-refractivity contribution in [1.82, 2.24) is 30.0 Å². The third-order valence-corrected chi connectivity index (χ3v) is 6.33. The number of fused-ring (bicyclic) bond motifs is 1. The number of hydrogen-bond donors (Lipinski definition) is 1. The maximum atomic E-state index is 11.6. The van der Waals surface area contributed by atoms with E-state index in [1.807, 2.05) is 14.1 Å². The van der Waals surface area contributed by atoms with Crippen LogP contribution in [0.5, 0.6) is 0 Å². The van der Waals surface area contributed by atoms with Crippen LogP contribution in [0.15, 0.2) is 16.9 Å². The van der Waals surface area contributed by atoms with Crippen LogP contribution in [0.1, 0.15) is 6.42 Å². The first-order valence-electron chi connectivity index (χ1n) is 7.42. The minimum Gasteiger partial charge on any atom is -0.477 e. The number of carbonyl (C=O) groups excluding carboxylic acids is 1. The predicted octanol–water partition coefficient (Wildman–Crippen LogP) is -0.0309. The Balaban J connectivity index is 1.63. The number of carboxylic acid groups (broad SMARTS) is 1. The van der Waals surface area contributed by atoms with Gasteiger partial charge in [0.05, 0.1) is 18.3 Å². The highest BCUT2D eigenvalue weighted by molar-refractivity contribution is 8.03. The summed E-state index contributed by atoms with van der Waals surface area (Å²) in [6.07, 6.45) is 2.05. The van der Waals surface area contributed by atoms with Crippen molar-refractivity contribution in [2.75, 3.05) is 26.4 Å². The highest BCUT2D eigenvalue weighted by Gasteiger charge is 2.45. The van der Waals surface area contributed by atoms with Crippen LogP contribution in [0.4, 0.5) is 0 Å². The molecular formula is C13H18N6O3S2. The Labute approximate surface area is 147 Å². The number of carboxylic acids is 1. The molecule has 2 aliphatic rings. The molecule has 1 N–H and O–H groups in total. The van der Waals surface area contributed by atoms with Gasteiger partial charge in [-0.2, -0.15) is 0 Å². The fourth-order valence-corrected chi connectivity index (χ4v) is 4.94. The fourth-order valence-electron chi connectivity index (χ4n) is 2.44. The number of likely N-dealkylation sites (N-methyl/N-ethyl adjacent to an activating group) is 1. The number of amides is 1. The van der Waals surface area contributed by atoms with Gasteiger partial charge in [-0.05, 0) is 30.6 Å². The molecule has 3 rings (SSSR count). The molecule has 0 radical (unpaired) electrons. The summed E-state index contributed by atoms with van der Waals surface area (Å²) in [7, 11) is 3.97. The summed E-state index contributed by atoms with van der Waals surface area (Å²) < 4.78 is 1.75. The van der Waals surface area contributed by atoms with E-state index in [-0.39, 0.29) is 22.2 Å². The van der Waals surface area contributed by atoms with Crippen molar-refractivity contribution >= 4 is 35.4 Å². The topological polar surface area (TPSA) is 104 Å². The lowest BCUT2D eigenvalue weighted by molar-refractivity contribution is -0.146. The van der Waals surface area contributed by atoms with E-state index in [2.05, 4.69) is 20.4 Å². The van der Waals surface area contributed by atoms with Gasteiger partial charge in [-0.15, -0.1) is 16.9 Å². The third kappa shape index (κ3) is 3.57. The van der Waals surface area contributed by atoms with Crippen molar-refractivity contribution in [1.29, 1.82) is 0 Å². The maximum Gasteiger partial charge on any atom is 0.352 e. The number of carbonyl (C=O) groups is 2. The molecule has 9 nitrogen and oxygen atoms in total. The van der Waals surface area contributed by atoms with E-state index in [4.69, 9.17) is 0 Å². The van der Waals surface area contributed by atoms with Gasteiger partial charge in [0, 0.05) is 17.5 Å². The second kappa shape index (κ2) is 7.11. The van der Waals surface area contributed by atoms with Gasteiger partial charge >= 0.3 is 5.97 Å². The average Bonchev–Trinajstić information content (AvgIpc) is 2.96. The molecule has 0 spiro atoms. The van der Waals surface area contributed by atoms with Crippen LogP contribution in [-0.2, 0) is 16.1 Å². The quantitative estimate of drug-likeness (QED) is 0.523. The van der Waals surface area contributed by atoms with E-state index in [0.717, 1.165) is 11.7 Å². The molecule has 0 saturated carbocycles. The molecule has 0 aromatic carbocycles. The van der Waals surface area contributed by atoms with Gasteiger partial charge in [0.25, 0.3) is 0 Å². The zero-order valence-electron chi connectivity index (χ0n) is 13.3. The number of nitrogens with zero attached hydrogens (tertiary/aromatic N) is 6. The van der Waals surface area contributed by atoms with Gasteiger partial charge in [-0.3, -0.25) is 9.69 Å². The Morgan fingerprint density at radius 2 is 2.33 bits per heavy atom. The average molecular weight is 370 g/mol. The minimum absolute atomic E-state index is 0.00875. The molecule has 3 heterocycles. The molecule has 1 unspecified atom stereocenters. The number of aliphatic carboxylic acids is 1. The Hall–Kier alpha value is -1.59. The first-order chi connectivity index (χ1) is 11.5. The Morgan fingerprint density at radius 1 is 1.54 bits per heavy atom. The van der Waals surface area contributed by atoms with Crippen LogP contribution in [0, 0.1) is 0 Å². The van der Waals surface area contributed by atoms with Crippen LogP contribution in [-0.4, -0.2) is 84.0 Å². The fraction of sp³-hybridized carbons (Fsp3) is 0.615. The van der Waals surface area contributed by atoms with Crippen LogP contribution in [0.3, 0.4) is 0 Å². The highest BCUT2D eigenvalue weighted by Crippen LogP contribution is 2.41. The predicted molar refractivity (Wildman–Crippen MR) is 89.4 cm³/mol. The van der Waals surface area contributed by atoms with Crippen molar-refractivity contribution in [3.05, 3.63) is 11.8 Å². The normalized spacial score (nSPS) is 23.0. The van der Waals surface area contributed by atoms with E-state index < -0.39 is 5.97 Å². The molecule has 1 saturated heterocycles. The molecule has 0 aliphatic carbocycles. The summed E-state index contributed by atoms with van der Waals surface area (Å²) in [5.41, 5.74) is 0.0906. The van der Waals surface area contributed by atoms with Gasteiger partial charge in [0.1, 0.15) is 5.70 Å². The molecule has 2 aliphatic heterocycles. The number of rotatable bonds is 7. The van der Waals surface area contributed by atoms with Crippen molar-refractivity contribution in [2.45, 2.75) is 28.7 Å². The minimum atomic E-state index is -1.06. The maximum absolute atomic E-state index is 11.6. The van der Waals surface area contributed by atoms with Crippen molar-refractivity contribution < 1.29 is 14.7 Å². The Morgan fingerprint density at radius 3 is 3.00 bits per heavy atom. The van der Waals surface area contributed by atoms with E-state index >= 15 is 0 Å². The lowest BCUT2D eigenvalue weighted by Crippen LogP contribution is -2.54. The summed E-state index contributed by atoms with van der Waals surface area (Å²) in [6.45, 7) is 1.53. The zero-order valence-corrected chi connectivity index (χ0v) is 15.0. The number of β-lactam (4-membered cyclic amide) rings is 1. The smallest absolute Gasteiger partial charge is 0.352 e. The molecule has 1 amide bonds. The van der Waals surface area contributed by atoms with E-state index in [9.17, 15) is 14.7 Å². The second-order valence-electron chi connectivity index (χ2n) is 5.75. The Kier molecular flexibility index (Phi) is 5.11. The summed E-state index contributed by atoms with van der Waals surface area (Å²) in [6, 6.07) is 0. The second-order valence-corrected chi connectivity index (χ2v) is 8.16. The summed E-state index contributed by atoms with van der Waals surface area (Å²) >= 11 is 3.11. The number of aromatic nitrogens is 4. The molecule has 1 aromatic rings. The molecular weight excluding hydrogens is 352 g/mol. The molecule has 11 heteroatoms. The van der Waals surface area contributed by atoms with Gasteiger partial charge < -0.3 is 10.0 Å². The van der Waals surface area contributed by atoms with Gasteiger partial charge in [0.15, 0.2) is 0 Å². The molecule has 1 fully saturated rings. The number of thioether (sulfide) groups is 2. The summed E-state index contributed by atoms with van der Waals surface area (Å²) in [5, 5.41) is 21.7. The molecule has 130 valence electrons. The molecule has 24 heavy (non-hydrogen) atoms. The summed E-state index contributed by atoms with van der Waals surface area (Å²) in [4.78, 5) is 26.3. The highest BCUT2D eigenvalue weighted by atomic mass is 32.2. The summed E-state index contributed by atoms with van der Waals surface area (Å²) in [5.74, 6) is -0.526. The van der Waals surface area contributed by atoms with Crippen LogP contribution in [0.2, 0.25) is 0 Å². The monoisotopic (exact) mass is 370 g/mol. The van der Waals surface area contributed by atoms with Crippen molar-refractivity contribution in [3.8, 4) is 0 Å². The van der Waals surface area contributed by atoms with Gasteiger partial charge in [-0.1, -0.05) is 11.8 Å². The van der Waals surface area contributed by atoms with Gasteiger partial charge in [-0.25, -0.2) is 9.48 Å². The number of hydrogen-bond acceptors (Lipinski definition) is 8. The van der Waals surface area contributed by atoms with Crippen LogP contribution >= 0.6 is 23.5 Å². The third-order valence-electron chi connectivity index (χ3n) is 3.69. The number of tetrazole rings is 1. The van der Waals surface area contributed by atoms with E-state index in [0.29, 0.717) is 18.7 Å². The largest absolute Gasteiger partial charge is 0.477 e. The lowest BCUT2D eigenvalue weighted by atomic mass is 10.1. The van der Waals surface area contributed by atoms with Crippen molar-refractivity contribution in [2.24, 2.45) is 0 Å². The Bertz CT molecular complexity index is 676. The molecule has 2 atom stereocenters. The SMILES string of the molecule is CN(C)CCn1nnnc1SCC1C=C(C(=O)O)N2C(=O)C[C@H]2S1. The first-order valence-corrected chi connectivity index (χ1v) is 9.35. The van der Waals surface area contributed by atoms with E-state index in [1.54, 1.807) is 22.5 Å². The van der Waals surface area contributed by atoms with Crippen molar-refractivity contribution in [3.63, 3.8) is 0 Å². The van der Waals surface area contributed by atoms with Gasteiger partial charge in [0.2, 0.25) is 11.1 Å². The first kappa shape index (κ1) is 17.2. The molecule has 1 aromatic heterocycles. The van der Waals surface area contributed by atoms with E-state index in [1.165, 1.54) is 16.7 Å².